The van der Waals surface area contributed by atoms with E-state index in [4.69, 9.17) is 16.7 Å². The van der Waals surface area contributed by atoms with Crippen LogP contribution in [0.2, 0.25) is 5.02 Å². The van der Waals surface area contributed by atoms with E-state index in [2.05, 4.69) is 0 Å². The molecule has 0 saturated carbocycles. The van der Waals surface area contributed by atoms with Gasteiger partial charge in [0.2, 0.25) is 0 Å². The normalized spacial score (nSPS) is 18.6. The zero-order valence-corrected chi connectivity index (χ0v) is 12.3. The van der Waals surface area contributed by atoms with Crippen LogP contribution in [-0.4, -0.2) is 40.5 Å². The molecule has 1 atom stereocenters. The predicted octanol–water partition coefficient (Wildman–Crippen LogP) is 2.48. The minimum absolute atomic E-state index is 0.0326. The highest BCUT2D eigenvalue weighted by Crippen LogP contribution is 2.27. The highest BCUT2D eigenvalue weighted by Gasteiger charge is 2.25. The highest BCUT2D eigenvalue weighted by atomic mass is 35.5. The minimum Gasteiger partial charge on any atom is -0.396 e. The maximum atomic E-state index is 12.4. The summed E-state index contributed by atoms with van der Waals surface area (Å²) in [6.45, 7) is 1.39. The van der Waals surface area contributed by atoms with Gasteiger partial charge in [-0.2, -0.15) is 0 Å². The first-order valence-corrected chi connectivity index (χ1v) is 7.24. The lowest BCUT2D eigenvalue weighted by atomic mass is 9.94. The Morgan fingerprint density at radius 3 is 2.90 bits per heavy atom. The van der Waals surface area contributed by atoms with Crippen molar-refractivity contribution in [2.24, 2.45) is 5.92 Å². The second kappa shape index (κ2) is 6.87. The van der Waals surface area contributed by atoms with Crippen LogP contribution in [0.15, 0.2) is 18.2 Å². The maximum absolute atomic E-state index is 12.4. The summed E-state index contributed by atoms with van der Waals surface area (Å²) >= 11 is 5.84. The largest absolute Gasteiger partial charge is 0.396 e. The lowest BCUT2D eigenvalue weighted by Crippen LogP contribution is -2.40. The third-order valence-electron chi connectivity index (χ3n) is 3.73. The molecule has 6 nitrogen and oxygen atoms in total. The molecule has 2 rings (SSSR count). The molecule has 21 heavy (non-hydrogen) atoms. The Balaban J connectivity index is 2.12. The molecule has 0 aromatic heterocycles. The Bertz CT molecular complexity index is 548. The van der Waals surface area contributed by atoms with Gasteiger partial charge < -0.3 is 10.0 Å². The number of likely N-dealkylation sites (tertiary alicyclic amines) is 1. The predicted molar refractivity (Wildman–Crippen MR) is 78.4 cm³/mol. The molecule has 1 heterocycles. The number of aliphatic hydroxyl groups is 1. The van der Waals surface area contributed by atoms with Crippen molar-refractivity contribution in [3.05, 3.63) is 38.9 Å². The molecule has 0 bridgehead atoms. The molecule has 0 aliphatic carbocycles. The first-order chi connectivity index (χ1) is 10.0. The molecule has 0 spiro atoms. The Morgan fingerprint density at radius 2 is 2.29 bits per heavy atom. The summed E-state index contributed by atoms with van der Waals surface area (Å²) in [5.41, 5.74) is 0.153. The Hall–Kier alpha value is -1.66. The minimum atomic E-state index is -0.575. The number of amides is 1. The fourth-order valence-corrected chi connectivity index (χ4v) is 2.89. The number of carbonyl (C=O) groups is 1. The summed E-state index contributed by atoms with van der Waals surface area (Å²) in [6.07, 6.45) is 2.59. The van der Waals surface area contributed by atoms with E-state index in [1.54, 1.807) is 4.90 Å². The molecule has 114 valence electrons. The van der Waals surface area contributed by atoms with Crippen molar-refractivity contribution in [2.75, 3.05) is 19.7 Å². The van der Waals surface area contributed by atoms with Crippen LogP contribution >= 0.6 is 11.6 Å². The van der Waals surface area contributed by atoms with E-state index in [0.29, 0.717) is 31.0 Å². The van der Waals surface area contributed by atoms with E-state index >= 15 is 0 Å². The summed E-state index contributed by atoms with van der Waals surface area (Å²) < 4.78 is 0. The number of carbonyl (C=O) groups excluding carboxylic acids is 1. The Labute approximate surface area is 127 Å². The molecule has 1 fully saturated rings. The summed E-state index contributed by atoms with van der Waals surface area (Å²) in [7, 11) is 0. The van der Waals surface area contributed by atoms with Crippen molar-refractivity contribution in [3.63, 3.8) is 0 Å². The highest BCUT2D eigenvalue weighted by molar-refractivity contribution is 6.33. The van der Waals surface area contributed by atoms with Gasteiger partial charge >= 0.3 is 0 Å². The molecule has 1 aliphatic rings. The van der Waals surface area contributed by atoms with Crippen LogP contribution in [0.5, 0.6) is 0 Å². The quantitative estimate of drug-likeness (QED) is 0.684. The fraction of sp³-hybridized carbons (Fsp3) is 0.500. The first-order valence-electron chi connectivity index (χ1n) is 6.87. The molecule has 1 N–H and O–H groups in total. The number of halogens is 1. The van der Waals surface area contributed by atoms with Crippen molar-refractivity contribution in [1.29, 1.82) is 0 Å². The van der Waals surface area contributed by atoms with Gasteiger partial charge in [0.15, 0.2) is 0 Å². The molecule has 0 unspecified atom stereocenters. The second-order valence-electron chi connectivity index (χ2n) is 5.20. The van der Waals surface area contributed by atoms with Crippen molar-refractivity contribution < 1.29 is 14.8 Å². The number of nitro benzene ring substituents is 1. The van der Waals surface area contributed by atoms with Gasteiger partial charge in [0.1, 0.15) is 5.02 Å². The number of hydrogen-bond donors (Lipinski definition) is 1. The van der Waals surface area contributed by atoms with Gasteiger partial charge in [-0.05, 0) is 37.3 Å². The van der Waals surface area contributed by atoms with E-state index in [1.165, 1.54) is 18.2 Å². The number of benzene rings is 1. The van der Waals surface area contributed by atoms with Gasteiger partial charge in [-0.3, -0.25) is 14.9 Å². The smallest absolute Gasteiger partial charge is 0.287 e. The number of rotatable bonds is 4. The number of nitrogens with zero attached hydrogens (tertiary/aromatic N) is 2. The van der Waals surface area contributed by atoms with E-state index in [1.807, 2.05) is 0 Å². The lowest BCUT2D eigenvalue weighted by Gasteiger charge is -2.32. The van der Waals surface area contributed by atoms with Gasteiger partial charge in [0.05, 0.1) is 4.92 Å². The SMILES string of the molecule is O=C(c1ccc([N+](=O)[O-])c(Cl)c1)N1CCC[C@H](CCO)C1. The summed E-state index contributed by atoms with van der Waals surface area (Å²) in [5, 5.41) is 19.7. The molecular weight excluding hydrogens is 296 g/mol. The number of nitro groups is 1. The molecular formula is C14H17ClN2O4. The molecule has 1 aromatic rings. The van der Waals surface area contributed by atoms with Gasteiger partial charge in [-0.1, -0.05) is 11.6 Å². The monoisotopic (exact) mass is 312 g/mol. The van der Waals surface area contributed by atoms with Crippen LogP contribution in [0.3, 0.4) is 0 Å². The average Bonchev–Trinajstić information content (AvgIpc) is 2.46. The van der Waals surface area contributed by atoms with Crippen molar-refractivity contribution in [1.82, 2.24) is 4.90 Å². The number of hydrogen-bond acceptors (Lipinski definition) is 4. The van der Waals surface area contributed by atoms with E-state index in [0.717, 1.165) is 12.8 Å². The van der Waals surface area contributed by atoms with Gasteiger partial charge in [0, 0.05) is 31.3 Å². The molecule has 0 radical (unpaired) electrons. The molecule has 1 aliphatic heterocycles. The van der Waals surface area contributed by atoms with E-state index in [-0.39, 0.29) is 23.2 Å². The van der Waals surface area contributed by atoms with Crippen LogP contribution in [0, 0.1) is 16.0 Å². The number of piperidine rings is 1. The lowest BCUT2D eigenvalue weighted by molar-refractivity contribution is -0.384. The van der Waals surface area contributed by atoms with Crippen LogP contribution in [0.1, 0.15) is 29.6 Å². The average molecular weight is 313 g/mol. The van der Waals surface area contributed by atoms with Crippen LogP contribution in [0.4, 0.5) is 5.69 Å². The van der Waals surface area contributed by atoms with Crippen molar-refractivity contribution >= 4 is 23.2 Å². The van der Waals surface area contributed by atoms with E-state index in [9.17, 15) is 14.9 Å². The van der Waals surface area contributed by atoms with Crippen LogP contribution < -0.4 is 0 Å². The van der Waals surface area contributed by atoms with E-state index < -0.39 is 4.92 Å². The zero-order chi connectivity index (χ0) is 15.4. The Morgan fingerprint density at radius 1 is 1.52 bits per heavy atom. The maximum Gasteiger partial charge on any atom is 0.287 e. The standard InChI is InChI=1S/C14H17ClN2O4/c15-12-8-11(3-4-13(12)17(20)21)14(19)16-6-1-2-10(9-16)5-7-18/h3-4,8,10,18H,1-2,5-7,9H2/t10-/m1/s1. The molecule has 1 aromatic carbocycles. The zero-order valence-electron chi connectivity index (χ0n) is 11.5. The summed E-state index contributed by atoms with van der Waals surface area (Å²) in [6, 6.07) is 4.03. The molecule has 1 amide bonds. The number of aliphatic hydroxyl groups excluding tert-OH is 1. The van der Waals surface area contributed by atoms with Crippen LogP contribution in [-0.2, 0) is 0 Å². The summed E-state index contributed by atoms with van der Waals surface area (Å²) in [4.78, 5) is 24.3. The Kier molecular flexibility index (Phi) is 5.14. The van der Waals surface area contributed by atoms with Gasteiger partial charge in [-0.15, -0.1) is 0 Å². The summed E-state index contributed by atoms with van der Waals surface area (Å²) in [5.74, 6) is 0.135. The molecule has 7 heteroatoms. The van der Waals surface area contributed by atoms with Crippen molar-refractivity contribution in [2.45, 2.75) is 19.3 Å². The first kappa shape index (κ1) is 15.7. The second-order valence-corrected chi connectivity index (χ2v) is 5.60. The van der Waals surface area contributed by atoms with Crippen molar-refractivity contribution in [3.8, 4) is 0 Å². The van der Waals surface area contributed by atoms with Gasteiger partial charge in [-0.25, -0.2) is 0 Å². The topological polar surface area (TPSA) is 83.7 Å². The third-order valence-corrected chi connectivity index (χ3v) is 4.04. The van der Waals surface area contributed by atoms with Gasteiger partial charge in [0.25, 0.3) is 11.6 Å². The third kappa shape index (κ3) is 3.71. The fourth-order valence-electron chi connectivity index (χ4n) is 2.64. The van der Waals surface area contributed by atoms with Crippen LogP contribution in [0.25, 0.3) is 0 Å². The molecule has 1 saturated heterocycles.